The SMILES string of the molecule is Cc1ccc(NC(=O)CSc2nnc(Cc3ccc(Cl)cc3)c(=O)[nH]2)cc1Cl. The molecule has 2 aromatic carbocycles. The molecule has 0 unspecified atom stereocenters. The quantitative estimate of drug-likeness (QED) is 0.570. The fraction of sp³-hybridized carbons (Fsp3) is 0.158. The molecule has 1 aromatic heterocycles. The zero-order valence-corrected chi connectivity index (χ0v) is 17.2. The Hall–Kier alpha value is -2.35. The zero-order valence-electron chi connectivity index (χ0n) is 14.8. The van der Waals surface area contributed by atoms with E-state index in [1.807, 2.05) is 25.1 Å². The van der Waals surface area contributed by atoms with E-state index < -0.39 is 0 Å². The lowest BCUT2D eigenvalue weighted by Gasteiger charge is -2.06. The Bertz CT molecular complexity index is 1050. The number of benzene rings is 2. The van der Waals surface area contributed by atoms with Gasteiger partial charge in [-0.15, -0.1) is 10.2 Å². The summed E-state index contributed by atoms with van der Waals surface area (Å²) >= 11 is 13.0. The van der Waals surface area contributed by atoms with Gasteiger partial charge in [-0.25, -0.2) is 0 Å². The lowest BCUT2D eigenvalue weighted by atomic mass is 10.1. The van der Waals surface area contributed by atoms with Crippen LogP contribution in [0.1, 0.15) is 16.8 Å². The van der Waals surface area contributed by atoms with Gasteiger partial charge in [0.25, 0.3) is 5.56 Å². The van der Waals surface area contributed by atoms with Gasteiger partial charge in [-0.3, -0.25) is 14.6 Å². The Morgan fingerprint density at radius 1 is 1.14 bits per heavy atom. The third-order valence-electron chi connectivity index (χ3n) is 3.82. The fourth-order valence-corrected chi connectivity index (χ4v) is 3.23. The number of hydrogen-bond acceptors (Lipinski definition) is 5. The van der Waals surface area contributed by atoms with E-state index in [0.717, 1.165) is 22.9 Å². The topological polar surface area (TPSA) is 87.7 Å². The molecular weight excluding hydrogens is 419 g/mol. The van der Waals surface area contributed by atoms with Gasteiger partial charge in [-0.05, 0) is 42.3 Å². The molecule has 0 aliphatic rings. The van der Waals surface area contributed by atoms with Gasteiger partial charge in [0.05, 0.1) is 5.75 Å². The molecule has 3 aromatic rings. The van der Waals surface area contributed by atoms with E-state index in [1.54, 1.807) is 24.3 Å². The van der Waals surface area contributed by atoms with Crippen LogP contribution in [0, 0.1) is 6.92 Å². The summed E-state index contributed by atoms with van der Waals surface area (Å²) in [6, 6.07) is 12.4. The second-order valence-corrected chi connectivity index (χ2v) is 7.82. The number of carbonyl (C=O) groups excluding carboxylic acids is 1. The van der Waals surface area contributed by atoms with Crippen molar-refractivity contribution < 1.29 is 4.79 Å². The second-order valence-electron chi connectivity index (χ2n) is 6.01. The largest absolute Gasteiger partial charge is 0.325 e. The summed E-state index contributed by atoms with van der Waals surface area (Å²) in [4.78, 5) is 26.9. The fourth-order valence-electron chi connectivity index (χ4n) is 2.32. The van der Waals surface area contributed by atoms with Gasteiger partial charge in [0.2, 0.25) is 5.91 Å². The predicted octanol–water partition coefficient (Wildman–Crippen LogP) is 4.10. The van der Waals surface area contributed by atoms with E-state index in [9.17, 15) is 9.59 Å². The normalized spacial score (nSPS) is 10.7. The van der Waals surface area contributed by atoms with Crippen LogP contribution in [0.2, 0.25) is 10.0 Å². The van der Waals surface area contributed by atoms with Crippen LogP contribution >= 0.6 is 35.0 Å². The number of thioether (sulfide) groups is 1. The standard InChI is InChI=1S/C19H16Cl2N4O2S/c1-11-2-7-14(9-15(11)21)22-17(26)10-28-19-23-18(27)16(24-25-19)8-12-3-5-13(20)6-4-12/h2-7,9H,8,10H2,1H3,(H,22,26)(H,23,25,27). The van der Waals surface area contributed by atoms with Gasteiger partial charge in [0, 0.05) is 22.2 Å². The molecule has 0 fully saturated rings. The molecule has 28 heavy (non-hydrogen) atoms. The Kier molecular flexibility index (Phi) is 6.72. The van der Waals surface area contributed by atoms with Crippen molar-refractivity contribution in [1.82, 2.24) is 15.2 Å². The first-order valence-corrected chi connectivity index (χ1v) is 10.0. The minimum Gasteiger partial charge on any atom is -0.325 e. The summed E-state index contributed by atoms with van der Waals surface area (Å²) in [6.45, 7) is 1.88. The highest BCUT2D eigenvalue weighted by Gasteiger charge is 2.10. The third kappa shape index (κ3) is 5.58. The van der Waals surface area contributed by atoms with Crippen molar-refractivity contribution in [3.05, 3.63) is 79.7 Å². The van der Waals surface area contributed by atoms with Crippen LogP contribution in [0.4, 0.5) is 5.69 Å². The van der Waals surface area contributed by atoms with Gasteiger partial charge in [-0.2, -0.15) is 0 Å². The molecule has 0 spiro atoms. The van der Waals surface area contributed by atoms with Crippen LogP contribution < -0.4 is 10.9 Å². The highest BCUT2D eigenvalue weighted by Crippen LogP contribution is 2.20. The Morgan fingerprint density at radius 3 is 2.57 bits per heavy atom. The molecule has 0 bridgehead atoms. The molecule has 0 saturated carbocycles. The maximum absolute atomic E-state index is 12.2. The number of aromatic nitrogens is 3. The number of aromatic amines is 1. The summed E-state index contributed by atoms with van der Waals surface area (Å²) in [5, 5.41) is 12.2. The monoisotopic (exact) mass is 434 g/mol. The Morgan fingerprint density at radius 2 is 1.89 bits per heavy atom. The average molecular weight is 435 g/mol. The maximum Gasteiger partial charge on any atom is 0.273 e. The number of amides is 1. The summed E-state index contributed by atoms with van der Waals surface area (Å²) in [5.41, 5.74) is 2.41. The van der Waals surface area contributed by atoms with E-state index in [2.05, 4.69) is 20.5 Å². The van der Waals surface area contributed by atoms with Gasteiger partial charge in [0.1, 0.15) is 5.69 Å². The van der Waals surface area contributed by atoms with Crippen molar-refractivity contribution in [1.29, 1.82) is 0 Å². The summed E-state index contributed by atoms with van der Waals surface area (Å²) in [7, 11) is 0. The van der Waals surface area contributed by atoms with E-state index in [4.69, 9.17) is 23.2 Å². The van der Waals surface area contributed by atoms with E-state index in [-0.39, 0.29) is 22.4 Å². The Balaban J connectivity index is 1.58. The van der Waals surface area contributed by atoms with Crippen molar-refractivity contribution in [2.24, 2.45) is 0 Å². The number of H-pyrrole nitrogens is 1. The number of rotatable bonds is 6. The van der Waals surface area contributed by atoms with Crippen molar-refractivity contribution in [3.63, 3.8) is 0 Å². The molecule has 0 aliphatic heterocycles. The number of anilines is 1. The first-order valence-electron chi connectivity index (χ1n) is 8.30. The molecule has 9 heteroatoms. The minimum atomic E-state index is -0.335. The lowest BCUT2D eigenvalue weighted by molar-refractivity contribution is -0.113. The minimum absolute atomic E-state index is 0.0760. The van der Waals surface area contributed by atoms with Crippen LogP contribution in [0.3, 0.4) is 0 Å². The maximum atomic E-state index is 12.2. The van der Waals surface area contributed by atoms with Crippen LogP contribution in [0.5, 0.6) is 0 Å². The zero-order chi connectivity index (χ0) is 20.1. The number of nitrogens with one attached hydrogen (secondary N) is 2. The second kappa shape index (κ2) is 9.23. The molecule has 0 saturated heterocycles. The van der Waals surface area contributed by atoms with Crippen LogP contribution in [-0.4, -0.2) is 26.8 Å². The van der Waals surface area contributed by atoms with Crippen molar-refractivity contribution in [2.75, 3.05) is 11.1 Å². The summed E-state index contributed by atoms with van der Waals surface area (Å²) < 4.78 is 0. The van der Waals surface area contributed by atoms with Gasteiger partial charge >= 0.3 is 0 Å². The van der Waals surface area contributed by atoms with Gasteiger partial charge < -0.3 is 5.32 Å². The molecule has 6 nitrogen and oxygen atoms in total. The van der Waals surface area contributed by atoms with Gasteiger partial charge in [-0.1, -0.05) is 53.2 Å². The lowest BCUT2D eigenvalue weighted by Crippen LogP contribution is -2.19. The molecule has 1 amide bonds. The molecule has 144 valence electrons. The van der Waals surface area contributed by atoms with E-state index >= 15 is 0 Å². The van der Waals surface area contributed by atoms with E-state index in [0.29, 0.717) is 27.8 Å². The summed E-state index contributed by atoms with van der Waals surface area (Å²) in [5.74, 6) is -0.162. The predicted molar refractivity (Wildman–Crippen MR) is 112 cm³/mol. The molecule has 2 N–H and O–H groups in total. The molecule has 3 rings (SSSR count). The Labute approximate surface area is 175 Å². The smallest absolute Gasteiger partial charge is 0.273 e. The number of nitrogens with zero attached hydrogens (tertiary/aromatic N) is 2. The number of aryl methyl sites for hydroxylation is 1. The number of halogens is 2. The van der Waals surface area contributed by atoms with Crippen molar-refractivity contribution in [3.8, 4) is 0 Å². The van der Waals surface area contributed by atoms with Crippen molar-refractivity contribution >= 4 is 46.6 Å². The van der Waals surface area contributed by atoms with Crippen LogP contribution in [0.15, 0.2) is 52.4 Å². The first-order chi connectivity index (χ1) is 13.4. The van der Waals surface area contributed by atoms with Crippen LogP contribution in [-0.2, 0) is 11.2 Å². The number of carbonyl (C=O) groups is 1. The number of hydrogen-bond donors (Lipinski definition) is 2. The van der Waals surface area contributed by atoms with E-state index in [1.165, 1.54) is 0 Å². The average Bonchev–Trinajstić information content (AvgIpc) is 2.67. The molecule has 0 radical (unpaired) electrons. The van der Waals surface area contributed by atoms with Crippen molar-refractivity contribution in [2.45, 2.75) is 18.5 Å². The highest BCUT2D eigenvalue weighted by atomic mass is 35.5. The molecule has 0 atom stereocenters. The molecule has 1 heterocycles. The van der Waals surface area contributed by atoms with Gasteiger partial charge in [0.15, 0.2) is 5.16 Å². The molecule has 0 aliphatic carbocycles. The third-order valence-corrected chi connectivity index (χ3v) is 5.35. The first kappa shape index (κ1) is 20.4. The summed E-state index contributed by atoms with van der Waals surface area (Å²) in [6.07, 6.45) is 0.346. The highest BCUT2D eigenvalue weighted by molar-refractivity contribution is 7.99. The van der Waals surface area contributed by atoms with Crippen LogP contribution in [0.25, 0.3) is 0 Å². The molecular formula is C19H16Cl2N4O2S.